The van der Waals surface area contributed by atoms with Crippen molar-refractivity contribution in [3.8, 4) is 5.82 Å². The van der Waals surface area contributed by atoms with Crippen LogP contribution in [0.3, 0.4) is 0 Å². The standard InChI is InChI=1S/C15H22N4/c1-3-7-14-13(11-16-9-4-2)12-18-19(14)15-8-5-6-10-17-15/h5-6,8,10,12,16H,3-4,7,9,11H2,1-2H3. The third-order valence-corrected chi connectivity index (χ3v) is 3.05. The van der Waals surface area contributed by atoms with Gasteiger partial charge in [0, 0.05) is 18.3 Å². The van der Waals surface area contributed by atoms with Crippen LogP contribution in [0.4, 0.5) is 0 Å². The van der Waals surface area contributed by atoms with Gasteiger partial charge in [0.1, 0.15) is 0 Å². The van der Waals surface area contributed by atoms with Crippen molar-refractivity contribution in [3.05, 3.63) is 41.9 Å². The van der Waals surface area contributed by atoms with E-state index in [4.69, 9.17) is 0 Å². The fraction of sp³-hybridized carbons (Fsp3) is 0.467. The molecule has 2 aromatic rings. The van der Waals surface area contributed by atoms with E-state index in [0.29, 0.717) is 0 Å². The van der Waals surface area contributed by atoms with Crippen LogP contribution in [0.1, 0.15) is 37.9 Å². The fourth-order valence-electron chi connectivity index (χ4n) is 2.13. The van der Waals surface area contributed by atoms with Gasteiger partial charge in [-0.2, -0.15) is 5.10 Å². The number of hydrogen-bond acceptors (Lipinski definition) is 3. The van der Waals surface area contributed by atoms with Crippen molar-refractivity contribution in [2.75, 3.05) is 6.54 Å². The summed E-state index contributed by atoms with van der Waals surface area (Å²) in [6.45, 7) is 6.30. The lowest BCUT2D eigenvalue weighted by molar-refractivity contribution is 0.665. The third kappa shape index (κ3) is 3.41. The van der Waals surface area contributed by atoms with Gasteiger partial charge in [0.05, 0.1) is 11.9 Å². The zero-order valence-electron chi connectivity index (χ0n) is 11.8. The Labute approximate surface area is 114 Å². The van der Waals surface area contributed by atoms with Gasteiger partial charge in [-0.05, 0) is 31.5 Å². The molecule has 0 unspecified atom stereocenters. The topological polar surface area (TPSA) is 42.7 Å². The average molecular weight is 258 g/mol. The molecule has 102 valence electrons. The van der Waals surface area contributed by atoms with Crippen LogP contribution < -0.4 is 5.32 Å². The molecule has 2 rings (SSSR count). The zero-order valence-corrected chi connectivity index (χ0v) is 11.8. The molecular formula is C15H22N4. The van der Waals surface area contributed by atoms with E-state index >= 15 is 0 Å². The first kappa shape index (κ1) is 13.7. The summed E-state index contributed by atoms with van der Waals surface area (Å²) in [4.78, 5) is 4.38. The van der Waals surface area contributed by atoms with Crippen molar-refractivity contribution >= 4 is 0 Å². The summed E-state index contributed by atoms with van der Waals surface area (Å²) < 4.78 is 1.96. The fourth-order valence-corrected chi connectivity index (χ4v) is 2.13. The summed E-state index contributed by atoms with van der Waals surface area (Å²) in [6, 6.07) is 5.92. The second-order valence-corrected chi connectivity index (χ2v) is 4.64. The number of aromatic nitrogens is 3. The smallest absolute Gasteiger partial charge is 0.153 e. The second kappa shape index (κ2) is 7.04. The van der Waals surface area contributed by atoms with Gasteiger partial charge in [0.15, 0.2) is 5.82 Å². The molecule has 4 heteroatoms. The minimum atomic E-state index is 0.885. The monoisotopic (exact) mass is 258 g/mol. The van der Waals surface area contributed by atoms with E-state index in [9.17, 15) is 0 Å². The Hall–Kier alpha value is -1.68. The van der Waals surface area contributed by atoms with E-state index in [1.165, 1.54) is 11.3 Å². The van der Waals surface area contributed by atoms with Crippen LogP contribution in [0.25, 0.3) is 5.82 Å². The first-order valence-electron chi connectivity index (χ1n) is 7.04. The van der Waals surface area contributed by atoms with Crippen LogP contribution in [0, 0.1) is 0 Å². The van der Waals surface area contributed by atoms with Crippen LogP contribution in [0.5, 0.6) is 0 Å². The predicted molar refractivity (Wildman–Crippen MR) is 77.4 cm³/mol. The molecule has 0 spiro atoms. The van der Waals surface area contributed by atoms with Crippen LogP contribution in [0.15, 0.2) is 30.6 Å². The molecule has 0 aliphatic carbocycles. The summed E-state index contributed by atoms with van der Waals surface area (Å²) in [6.07, 6.45) is 7.06. The van der Waals surface area contributed by atoms with Crippen LogP contribution in [-0.4, -0.2) is 21.3 Å². The molecule has 2 aromatic heterocycles. The van der Waals surface area contributed by atoms with Crippen molar-refractivity contribution in [1.82, 2.24) is 20.1 Å². The van der Waals surface area contributed by atoms with Gasteiger partial charge < -0.3 is 5.32 Å². The molecule has 1 N–H and O–H groups in total. The second-order valence-electron chi connectivity index (χ2n) is 4.64. The molecule has 0 saturated heterocycles. The van der Waals surface area contributed by atoms with Crippen LogP contribution >= 0.6 is 0 Å². The summed E-state index contributed by atoms with van der Waals surface area (Å²) in [7, 11) is 0. The molecule has 0 atom stereocenters. The molecule has 0 aromatic carbocycles. The Morgan fingerprint density at radius 2 is 2.11 bits per heavy atom. The molecule has 4 nitrogen and oxygen atoms in total. The zero-order chi connectivity index (χ0) is 13.5. The van der Waals surface area contributed by atoms with E-state index < -0.39 is 0 Å². The number of hydrogen-bond donors (Lipinski definition) is 1. The van der Waals surface area contributed by atoms with Crippen molar-refractivity contribution in [2.45, 2.75) is 39.7 Å². The van der Waals surface area contributed by atoms with Gasteiger partial charge in [-0.25, -0.2) is 9.67 Å². The maximum Gasteiger partial charge on any atom is 0.153 e. The largest absolute Gasteiger partial charge is 0.313 e. The minimum absolute atomic E-state index is 0.885. The molecule has 0 saturated carbocycles. The highest BCUT2D eigenvalue weighted by Crippen LogP contribution is 2.15. The van der Waals surface area contributed by atoms with E-state index in [-0.39, 0.29) is 0 Å². The Kier molecular flexibility index (Phi) is 5.10. The summed E-state index contributed by atoms with van der Waals surface area (Å²) in [5.41, 5.74) is 2.55. The maximum absolute atomic E-state index is 4.50. The number of pyridine rings is 1. The van der Waals surface area contributed by atoms with E-state index in [2.05, 4.69) is 29.2 Å². The van der Waals surface area contributed by atoms with Gasteiger partial charge in [-0.1, -0.05) is 26.3 Å². The average Bonchev–Trinajstić information content (AvgIpc) is 2.84. The third-order valence-electron chi connectivity index (χ3n) is 3.05. The Balaban J connectivity index is 2.24. The highest BCUT2D eigenvalue weighted by Gasteiger charge is 2.11. The molecule has 2 heterocycles. The van der Waals surface area contributed by atoms with Gasteiger partial charge >= 0.3 is 0 Å². The Morgan fingerprint density at radius 1 is 1.21 bits per heavy atom. The molecule has 0 radical (unpaired) electrons. The highest BCUT2D eigenvalue weighted by atomic mass is 15.3. The van der Waals surface area contributed by atoms with Crippen LogP contribution in [-0.2, 0) is 13.0 Å². The van der Waals surface area contributed by atoms with Crippen molar-refractivity contribution in [2.24, 2.45) is 0 Å². The maximum atomic E-state index is 4.50. The number of nitrogens with one attached hydrogen (secondary N) is 1. The lowest BCUT2D eigenvalue weighted by atomic mass is 10.1. The summed E-state index contributed by atoms with van der Waals surface area (Å²) >= 11 is 0. The van der Waals surface area contributed by atoms with Gasteiger partial charge in [0.2, 0.25) is 0 Å². The number of rotatable bonds is 7. The lowest BCUT2D eigenvalue weighted by Gasteiger charge is -2.08. The molecule has 0 aliphatic heterocycles. The first-order valence-corrected chi connectivity index (χ1v) is 7.04. The van der Waals surface area contributed by atoms with Crippen molar-refractivity contribution in [1.29, 1.82) is 0 Å². The van der Waals surface area contributed by atoms with Gasteiger partial charge in [-0.3, -0.25) is 0 Å². The van der Waals surface area contributed by atoms with Crippen molar-refractivity contribution < 1.29 is 0 Å². The predicted octanol–water partition coefficient (Wildman–Crippen LogP) is 2.72. The molecular weight excluding hydrogens is 236 g/mol. The molecule has 0 amide bonds. The summed E-state index contributed by atoms with van der Waals surface area (Å²) in [5, 5.41) is 7.94. The number of nitrogens with zero attached hydrogens (tertiary/aromatic N) is 3. The normalized spacial score (nSPS) is 10.8. The molecule has 0 aliphatic rings. The van der Waals surface area contributed by atoms with Crippen molar-refractivity contribution in [3.63, 3.8) is 0 Å². The van der Waals surface area contributed by atoms with E-state index in [1.54, 1.807) is 0 Å². The molecule has 0 fully saturated rings. The minimum Gasteiger partial charge on any atom is -0.313 e. The first-order chi connectivity index (χ1) is 9.36. The quantitative estimate of drug-likeness (QED) is 0.776. The molecule has 19 heavy (non-hydrogen) atoms. The highest BCUT2D eigenvalue weighted by molar-refractivity contribution is 5.29. The van der Waals surface area contributed by atoms with Gasteiger partial charge in [-0.15, -0.1) is 0 Å². The summed E-state index contributed by atoms with van der Waals surface area (Å²) in [5.74, 6) is 0.896. The van der Waals surface area contributed by atoms with E-state index in [1.807, 2.05) is 35.3 Å². The Morgan fingerprint density at radius 3 is 2.79 bits per heavy atom. The van der Waals surface area contributed by atoms with Crippen LogP contribution in [0.2, 0.25) is 0 Å². The Bertz CT molecular complexity index is 490. The SMILES string of the molecule is CCCNCc1cnn(-c2ccccn2)c1CCC. The van der Waals surface area contributed by atoms with E-state index in [0.717, 1.165) is 38.2 Å². The molecule has 0 bridgehead atoms. The lowest BCUT2D eigenvalue weighted by Crippen LogP contribution is -2.15. The van der Waals surface area contributed by atoms with Gasteiger partial charge in [0.25, 0.3) is 0 Å².